The van der Waals surface area contributed by atoms with Crippen molar-refractivity contribution in [1.82, 2.24) is 5.43 Å². The molecule has 0 unspecified atom stereocenters. The normalized spacial score (nSPS) is 10.6. The molecule has 0 fully saturated rings. The van der Waals surface area contributed by atoms with Gasteiger partial charge in [0.15, 0.2) is 5.75 Å². The van der Waals surface area contributed by atoms with E-state index in [-0.39, 0.29) is 11.4 Å². The van der Waals surface area contributed by atoms with Crippen molar-refractivity contribution in [2.45, 2.75) is 26.2 Å². The molecule has 0 aromatic heterocycles. The number of benzene rings is 1. The number of hydrogen-bond acceptors (Lipinski definition) is 6. The zero-order chi connectivity index (χ0) is 15.7. The van der Waals surface area contributed by atoms with Crippen LogP contribution in [0.5, 0.6) is 11.5 Å². The Labute approximate surface area is 124 Å². The van der Waals surface area contributed by atoms with Crippen molar-refractivity contribution in [1.29, 1.82) is 0 Å². The third kappa shape index (κ3) is 4.94. The summed E-state index contributed by atoms with van der Waals surface area (Å²) in [6.45, 7) is 2.51. The fraction of sp³-hybridized carbons (Fsp3) is 0.500. The lowest BCUT2D eigenvalue weighted by molar-refractivity contribution is -0.386. The fourth-order valence-electron chi connectivity index (χ4n) is 1.78. The monoisotopic (exact) mass is 295 g/mol. The third-order valence-corrected chi connectivity index (χ3v) is 2.81. The highest BCUT2D eigenvalue weighted by Gasteiger charge is 2.21. The molecule has 0 aliphatic carbocycles. The lowest BCUT2D eigenvalue weighted by Gasteiger charge is -2.11. The summed E-state index contributed by atoms with van der Waals surface area (Å²) in [4.78, 5) is 10.7. The maximum absolute atomic E-state index is 11.2. The van der Waals surface area contributed by atoms with Crippen LogP contribution < -0.4 is 14.9 Å². The number of unbranched alkanes of at least 4 members (excludes halogenated alkanes) is 2. The second-order valence-electron chi connectivity index (χ2n) is 4.37. The van der Waals surface area contributed by atoms with Crippen LogP contribution >= 0.6 is 0 Å². The molecule has 0 heterocycles. The van der Waals surface area contributed by atoms with Crippen molar-refractivity contribution >= 4 is 11.9 Å². The van der Waals surface area contributed by atoms with Crippen molar-refractivity contribution in [3.8, 4) is 11.5 Å². The van der Waals surface area contributed by atoms with E-state index in [9.17, 15) is 10.1 Å². The van der Waals surface area contributed by atoms with Gasteiger partial charge in [-0.25, -0.2) is 0 Å². The molecule has 1 aromatic carbocycles. The second-order valence-corrected chi connectivity index (χ2v) is 4.37. The van der Waals surface area contributed by atoms with E-state index in [0.29, 0.717) is 17.9 Å². The lowest BCUT2D eigenvalue weighted by Crippen LogP contribution is -2.04. The number of hydrogen-bond donors (Lipinski definition) is 1. The van der Waals surface area contributed by atoms with E-state index in [1.165, 1.54) is 19.4 Å². The summed E-state index contributed by atoms with van der Waals surface area (Å²) < 4.78 is 10.8. The first-order valence-electron chi connectivity index (χ1n) is 6.83. The van der Waals surface area contributed by atoms with Crippen molar-refractivity contribution in [3.63, 3.8) is 0 Å². The van der Waals surface area contributed by atoms with Gasteiger partial charge in [-0.15, -0.1) is 0 Å². The molecule has 0 bridgehead atoms. The van der Waals surface area contributed by atoms with Crippen LogP contribution in [-0.4, -0.2) is 31.9 Å². The first-order chi connectivity index (χ1) is 10.1. The van der Waals surface area contributed by atoms with Crippen LogP contribution in [0, 0.1) is 10.1 Å². The van der Waals surface area contributed by atoms with Gasteiger partial charge in [0.25, 0.3) is 0 Å². The molecule has 0 spiro atoms. The molecule has 0 saturated carbocycles. The first-order valence-corrected chi connectivity index (χ1v) is 6.83. The minimum atomic E-state index is -0.478. The van der Waals surface area contributed by atoms with Gasteiger partial charge in [-0.2, -0.15) is 5.10 Å². The maximum Gasteiger partial charge on any atom is 0.315 e. The fourth-order valence-corrected chi connectivity index (χ4v) is 1.78. The van der Waals surface area contributed by atoms with Gasteiger partial charge < -0.3 is 14.9 Å². The Kier molecular flexibility index (Phi) is 7.00. The third-order valence-electron chi connectivity index (χ3n) is 2.81. The summed E-state index contributed by atoms with van der Waals surface area (Å²) in [5.41, 5.74) is 3.03. The molecular formula is C14H21N3O4. The Morgan fingerprint density at radius 1 is 1.43 bits per heavy atom. The van der Waals surface area contributed by atoms with Crippen LogP contribution in [0.2, 0.25) is 0 Å². The van der Waals surface area contributed by atoms with Crippen LogP contribution in [0.4, 0.5) is 5.69 Å². The Morgan fingerprint density at radius 2 is 2.19 bits per heavy atom. The highest BCUT2D eigenvalue weighted by Crippen LogP contribution is 2.38. The Bertz CT molecular complexity index is 503. The maximum atomic E-state index is 11.2. The van der Waals surface area contributed by atoms with Gasteiger partial charge in [0.05, 0.1) is 24.9 Å². The second kappa shape index (κ2) is 8.78. The molecule has 0 radical (unpaired) electrons. The van der Waals surface area contributed by atoms with Gasteiger partial charge in [-0.3, -0.25) is 10.1 Å². The quantitative estimate of drug-likeness (QED) is 0.327. The van der Waals surface area contributed by atoms with Gasteiger partial charge in [0.1, 0.15) is 0 Å². The van der Waals surface area contributed by atoms with Crippen LogP contribution in [0.25, 0.3) is 0 Å². The number of nitro groups is 1. The van der Waals surface area contributed by atoms with Gasteiger partial charge in [-0.05, 0) is 12.5 Å². The van der Waals surface area contributed by atoms with Crippen LogP contribution in [0.1, 0.15) is 31.7 Å². The van der Waals surface area contributed by atoms with E-state index >= 15 is 0 Å². The summed E-state index contributed by atoms with van der Waals surface area (Å²) in [6.07, 6.45) is 4.40. The Balaban J connectivity index is 3.07. The van der Waals surface area contributed by atoms with E-state index in [4.69, 9.17) is 9.47 Å². The highest BCUT2D eigenvalue weighted by molar-refractivity contribution is 5.83. The van der Waals surface area contributed by atoms with Crippen molar-refractivity contribution in [2.75, 3.05) is 20.8 Å². The summed E-state index contributed by atoms with van der Waals surface area (Å²) >= 11 is 0. The number of nitro benzene ring substituents is 1. The summed E-state index contributed by atoms with van der Waals surface area (Å²) in [5, 5.41) is 15.1. The molecule has 0 amide bonds. The minimum Gasteiger partial charge on any atom is -0.493 e. The van der Waals surface area contributed by atoms with E-state index in [1.807, 2.05) is 0 Å². The Hall–Kier alpha value is -2.31. The number of hydrazone groups is 1. The summed E-state index contributed by atoms with van der Waals surface area (Å²) in [6, 6.07) is 3.07. The molecule has 0 saturated heterocycles. The summed E-state index contributed by atoms with van der Waals surface area (Å²) in [7, 11) is 3.10. The van der Waals surface area contributed by atoms with Crippen LogP contribution in [-0.2, 0) is 0 Å². The number of nitrogens with one attached hydrogen (secondary N) is 1. The molecule has 1 N–H and O–H groups in total. The van der Waals surface area contributed by atoms with Gasteiger partial charge in [-0.1, -0.05) is 19.8 Å². The minimum absolute atomic E-state index is 0.122. The van der Waals surface area contributed by atoms with Gasteiger partial charge in [0, 0.05) is 18.7 Å². The smallest absolute Gasteiger partial charge is 0.315 e. The van der Waals surface area contributed by atoms with E-state index < -0.39 is 4.92 Å². The first kappa shape index (κ1) is 16.7. The van der Waals surface area contributed by atoms with Crippen LogP contribution in [0.15, 0.2) is 17.2 Å². The molecular weight excluding hydrogens is 274 g/mol. The molecule has 7 nitrogen and oxygen atoms in total. The van der Waals surface area contributed by atoms with Crippen molar-refractivity contribution in [3.05, 3.63) is 27.8 Å². The molecule has 0 aliphatic rings. The summed E-state index contributed by atoms with van der Waals surface area (Å²) in [5.74, 6) is 0.499. The predicted octanol–water partition coefficient (Wildman–Crippen LogP) is 2.73. The predicted molar refractivity (Wildman–Crippen MR) is 81.3 cm³/mol. The molecule has 7 heteroatoms. The number of rotatable bonds is 9. The lowest BCUT2D eigenvalue weighted by atomic mass is 10.2. The standard InChI is InChI=1S/C14H21N3O4/c1-4-5-6-7-21-14-12(17(18)19)8-11(10-16-15-2)9-13(14)20-3/h8-10,15H,4-7H2,1-3H3/b16-10+. The van der Waals surface area contributed by atoms with Gasteiger partial charge in [0.2, 0.25) is 5.75 Å². The van der Waals surface area contributed by atoms with Gasteiger partial charge >= 0.3 is 5.69 Å². The number of methoxy groups -OCH3 is 1. The van der Waals surface area contributed by atoms with Crippen LogP contribution in [0.3, 0.4) is 0 Å². The molecule has 1 aromatic rings. The van der Waals surface area contributed by atoms with E-state index in [2.05, 4.69) is 17.5 Å². The SMILES string of the molecule is CCCCCOc1c(OC)cc(/C=N/NC)cc1[N+](=O)[O-]. The molecule has 0 atom stereocenters. The zero-order valence-corrected chi connectivity index (χ0v) is 12.6. The average molecular weight is 295 g/mol. The zero-order valence-electron chi connectivity index (χ0n) is 12.6. The van der Waals surface area contributed by atoms with Crippen molar-refractivity contribution < 1.29 is 14.4 Å². The average Bonchev–Trinajstić information content (AvgIpc) is 2.49. The highest BCUT2D eigenvalue weighted by atomic mass is 16.6. The number of ether oxygens (including phenoxy) is 2. The van der Waals surface area contributed by atoms with Crippen molar-refractivity contribution in [2.24, 2.45) is 5.10 Å². The molecule has 0 aliphatic heterocycles. The number of nitrogens with zero attached hydrogens (tertiary/aromatic N) is 2. The Morgan fingerprint density at radius 3 is 2.76 bits per heavy atom. The van der Waals surface area contributed by atoms with E-state index in [1.54, 1.807) is 13.1 Å². The molecule has 1 rings (SSSR count). The van der Waals surface area contributed by atoms with E-state index in [0.717, 1.165) is 19.3 Å². The topological polar surface area (TPSA) is 86.0 Å². The molecule has 21 heavy (non-hydrogen) atoms. The largest absolute Gasteiger partial charge is 0.493 e. The molecule has 116 valence electrons.